The molecule has 4 N–H and O–H groups in total. The molecule has 16 heavy (non-hydrogen) atoms. The van der Waals surface area contributed by atoms with Crippen LogP contribution in [0.15, 0.2) is 23.3 Å². The third-order valence-electron chi connectivity index (χ3n) is 2.01. The van der Waals surface area contributed by atoms with Crippen molar-refractivity contribution in [3.8, 4) is 5.75 Å². The third-order valence-corrected chi connectivity index (χ3v) is 2.10. The Hall–Kier alpha value is -1.62. The van der Waals surface area contributed by atoms with E-state index in [1.807, 2.05) is 6.07 Å². The Morgan fingerprint density at radius 3 is 3.00 bits per heavy atom. The van der Waals surface area contributed by atoms with Crippen LogP contribution in [0.2, 0.25) is 0 Å². The van der Waals surface area contributed by atoms with Crippen molar-refractivity contribution in [3.63, 3.8) is 0 Å². The fourth-order valence-corrected chi connectivity index (χ4v) is 1.38. The van der Waals surface area contributed by atoms with Gasteiger partial charge in [0.15, 0.2) is 5.11 Å². The lowest BCUT2D eigenvalue weighted by Gasteiger charge is -2.03. The summed E-state index contributed by atoms with van der Waals surface area (Å²) >= 11 is 4.61. The van der Waals surface area contributed by atoms with Crippen LogP contribution >= 0.6 is 12.2 Å². The summed E-state index contributed by atoms with van der Waals surface area (Å²) in [5.41, 5.74) is 9.51. The third kappa shape index (κ3) is 3.86. The molecule has 0 saturated carbocycles. The Kier molecular flexibility index (Phi) is 4.72. The lowest BCUT2D eigenvalue weighted by Crippen LogP contribution is -2.23. The fraction of sp³-hybridized carbons (Fsp3) is 0.273. The number of phenolic OH excluding ortho intramolecular Hbond substituents is 1. The van der Waals surface area contributed by atoms with Crippen LogP contribution < -0.4 is 11.2 Å². The Morgan fingerprint density at radius 1 is 1.62 bits per heavy atom. The van der Waals surface area contributed by atoms with Crippen LogP contribution in [0.1, 0.15) is 24.5 Å². The predicted molar refractivity (Wildman–Crippen MR) is 69.6 cm³/mol. The van der Waals surface area contributed by atoms with Gasteiger partial charge in [-0.05, 0) is 48.0 Å². The Bertz CT molecular complexity index is 404. The minimum Gasteiger partial charge on any atom is -0.508 e. The molecular formula is C11H15N3OS. The van der Waals surface area contributed by atoms with E-state index in [0.29, 0.717) is 5.75 Å². The number of aryl methyl sites for hydroxylation is 1. The number of nitrogens with two attached hydrogens (primary N) is 1. The van der Waals surface area contributed by atoms with Crippen molar-refractivity contribution in [2.45, 2.75) is 19.8 Å². The summed E-state index contributed by atoms with van der Waals surface area (Å²) in [4.78, 5) is 0. The Balaban J connectivity index is 2.77. The number of hydrogen-bond acceptors (Lipinski definition) is 3. The van der Waals surface area contributed by atoms with Crippen LogP contribution in [0, 0.1) is 0 Å². The van der Waals surface area contributed by atoms with E-state index < -0.39 is 0 Å². The van der Waals surface area contributed by atoms with E-state index >= 15 is 0 Å². The van der Waals surface area contributed by atoms with Crippen LogP contribution in [-0.2, 0) is 6.42 Å². The minimum atomic E-state index is 0.129. The van der Waals surface area contributed by atoms with E-state index in [2.05, 4.69) is 29.7 Å². The van der Waals surface area contributed by atoms with Gasteiger partial charge in [0.2, 0.25) is 0 Å². The Morgan fingerprint density at radius 2 is 2.38 bits per heavy atom. The summed E-state index contributed by atoms with van der Waals surface area (Å²) in [5, 5.41) is 13.6. The van der Waals surface area contributed by atoms with Crippen LogP contribution in [0.25, 0.3) is 0 Å². The first kappa shape index (κ1) is 12.4. The molecule has 4 nitrogen and oxygen atoms in total. The highest BCUT2D eigenvalue weighted by Gasteiger charge is 2.00. The monoisotopic (exact) mass is 237 g/mol. The van der Waals surface area contributed by atoms with Gasteiger partial charge in [-0.25, -0.2) is 0 Å². The molecule has 0 spiro atoms. The molecular weight excluding hydrogens is 222 g/mol. The van der Waals surface area contributed by atoms with E-state index in [4.69, 9.17) is 5.73 Å². The van der Waals surface area contributed by atoms with Crippen LogP contribution in [0.5, 0.6) is 5.75 Å². The van der Waals surface area contributed by atoms with Gasteiger partial charge in [0.05, 0.1) is 6.21 Å². The molecule has 86 valence electrons. The zero-order valence-electron chi connectivity index (χ0n) is 9.10. The van der Waals surface area contributed by atoms with Crippen LogP contribution in [0.4, 0.5) is 0 Å². The van der Waals surface area contributed by atoms with Crippen molar-refractivity contribution in [1.29, 1.82) is 0 Å². The predicted octanol–water partition coefficient (Wildman–Crippen LogP) is 1.51. The topological polar surface area (TPSA) is 70.6 Å². The molecule has 0 aromatic heterocycles. The lowest BCUT2D eigenvalue weighted by molar-refractivity contribution is 0.467. The van der Waals surface area contributed by atoms with E-state index in [0.717, 1.165) is 24.0 Å². The standard InChI is InChI=1S/C11H15N3OS/c1-2-3-9-6-8(4-5-10(9)15)7-13-14-11(12)16/h4-7,15H,2-3H2,1H3,(H3,12,14,16)/b13-7+. The molecule has 1 aromatic rings. The molecule has 0 fully saturated rings. The number of nitrogens with one attached hydrogen (secondary N) is 1. The van der Waals surface area contributed by atoms with E-state index in [9.17, 15) is 5.11 Å². The van der Waals surface area contributed by atoms with Crippen LogP contribution in [0.3, 0.4) is 0 Å². The molecule has 5 heteroatoms. The molecule has 0 bridgehead atoms. The summed E-state index contributed by atoms with van der Waals surface area (Å²) in [6.07, 6.45) is 3.44. The number of thiocarbonyl (C=S) groups is 1. The van der Waals surface area contributed by atoms with Gasteiger partial charge in [-0.15, -0.1) is 0 Å². The maximum Gasteiger partial charge on any atom is 0.184 e. The van der Waals surface area contributed by atoms with Crippen molar-refractivity contribution in [2.24, 2.45) is 10.8 Å². The normalized spacial score (nSPS) is 10.6. The first-order chi connectivity index (χ1) is 7.63. The molecule has 1 rings (SSSR count). The second-order valence-corrected chi connectivity index (χ2v) is 3.81. The van der Waals surface area contributed by atoms with E-state index in [-0.39, 0.29) is 5.11 Å². The van der Waals surface area contributed by atoms with Gasteiger partial charge >= 0.3 is 0 Å². The molecule has 0 radical (unpaired) electrons. The SMILES string of the molecule is CCCc1cc(/C=N/NC(N)=S)ccc1O. The highest BCUT2D eigenvalue weighted by atomic mass is 32.1. The number of rotatable bonds is 4. The zero-order valence-corrected chi connectivity index (χ0v) is 9.92. The molecule has 0 heterocycles. The smallest absolute Gasteiger partial charge is 0.184 e. The molecule has 0 aliphatic rings. The number of aromatic hydroxyl groups is 1. The maximum absolute atomic E-state index is 9.58. The molecule has 1 aromatic carbocycles. The highest BCUT2D eigenvalue weighted by Crippen LogP contribution is 2.19. The first-order valence-corrected chi connectivity index (χ1v) is 5.44. The molecule has 0 unspecified atom stereocenters. The number of benzene rings is 1. The molecule has 0 aliphatic heterocycles. The minimum absolute atomic E-state index is 0.129. The van der Waals surface area contributed by atoms with Gasteiger partial charge in [0.1, 0.15) is 5.75 Å². The quantitative estimate of drug-likeness (QED) is 0.422. The zero-order chi connectivity index (χ0) is 12.0. The molecule has 0 saturated heterocycles. The van der Waals surface area contributed by atoms with Gasteiger partial charge in [0.25, 0.3) is 0 Å². The summed E-state index contributed by atoms with van der Waals surface area (Å²) in [6, 6.07) is 5.33. The maximum atomic E-state index is 9.58. The number of hydrogen-bond donors (Lipinski definition) is 3. The lowest BCUT2D eigenvalue weighted by atomic mass is 10.1. The van der Waals surface area contributed by atoms with Crippen molar-refractivity contribution >= 4 is 23.5 Å². The molecule has 0 aliphatic carbocycles. The van der Waals surface area contributed by atoms with Crippen molar-refractivity contribution in [1.82, 2.24) is 5.43 Å². The summed E-state index contributed by atoms with van der Waals surface area (Å²) in [6.45, 7) is 2.06. The highest BCUT2D eigenvalue weighted by molar-refractivity contribution is 7.80. The summed E-state index contributed by atoms with van der Waals surface area (Å²) in [5.74, 6) is 0.321. The van der Waals surface area contributed by atoms with Gasteiger partial charge < -0.3 is 10.8 Å². The van der Waals surface area contributed by atoms with Crippen molar-refractivity contribution in [2.75, 3.05) is 0 Å². The van der Waals surface area contributed by atoms with Crippen molar-refractivity contribution in [3.05, 3.63) is 29.3 Å². The average molecular weight is 237 g/mol. The van der Waals surface area contributed by atoms with Gasteiger partial charge in [-0.2, -0.15) is 5.10 Å². The summed E-state index contributed by atoms with van der Waals surface area (Å²) < 4.78 is 0. The molecule has 0 amide bonds. The van der Waals surface area contributed by atoms with Crippen molar-refractivity contribution < 1.29 is 5.11 Å². The number of phenols is 1. The average Bonchev–Trinajstić information content (AvgIpc) is 2.22. The second kappa shape index (κ2) is 6.07. The largest absolute Gasteiger partial charge is 0.508 e. The van der Waals surface area contributed by atoms with Gasteiger partial charge in [0, 0.05) is 0 Å². The van der Waals surface area contributed by atoms with Crippen LogP contribution in [-0.4, -0.2) is 16.4 Å². The number of nitrogens with zero attached hydrogens (tertiary/aromatic N) is 1. The van der Waals surface area contributed by atoms with E-state index in [1.165, 1.54) is 0 Å². The summed E-state index contributed by atoms with van der Waals surface area (Å²) in [7, 11) is 0. The fourth-order valence-electron chi connectivity index (χ4n) is 1.33. The van der Waals surface area contributed by atoms with Gasteiger partial charge in [-0.3, -0.25) is 5.43 Å². The van der Waals surface area contributed by atoms with E-state index in [1.54, 1.807) is 18.3 Å². The second-order valence-electron chi connectivity index (χ2n) is 3.37. The van der Waals surface area contributed by atoms with Gasteiger partial charge in [-0.1, -0.05) is 13.3 Å². The first-order valence-electron chi connectivity index (χ1n) is 5.04. The molecule has 0 atom stereocenters. The number of hydrazone groups is 1. The Labute approximate surface area is 100 Å².